The Morgan fingerprint density at radius 1 is 1.37 bits per heavy atom. The second-order valence-electron chi connectivity index (χ2n) is 5.30. The average Bonchev–Trinajstić information content (AvgIpc) is 2.33. The molecule has 0 spiro atoms. The van der Waals surface area contributed by atoms with Crippen LogP contribution < -0.4 is 5.73 Å². The zero-order valence-corrected chi connectivity index (χ0v) is 12.4. The topological polar surface area (TPSA) is 63.4 Å². The van der Waals surface area contributed by atoms with E-state index in [9.17, 15) is 8.42 Å². The molecule has 0 atom stereocenters. The van der Waals surface area contributed by atoms with Crippen LogP contribution in [0.5, 0.6) is 0 Å². The van der Waals surface area contributed by atoms with E-state index in [1.54, 1.807) is 25.2 Å². The molecule has 0 bridgehead atoms. The van der Waals surface area contributed by atoms with E-state index in [-0.39, 0.29) is 0 Å². The van der Waals surface area contributed by atoms with Gasteiger partial charge >= 0.3 is 0 Å². The molecule has 4 nitrogen and oxygen atoms in total. The van der Waals surface area contributed by atoms with Gasteiger partial charge in [0.1, 0.15) is 0 Å². The van der Waals surface area contributed by atoms with Crippen molar-refractivity contribution in [1.29, 1.82) is 0 Å². The SMILES string of the molecule is CCc1ccc(S(=O)(=O)N(C)CC2CCC2)cc1N. The average molecular weight is 282 g/mol. The minimum absolute atomic E-state index is 0.295. The number of benzene rings is 1. The summed E-state index contributed by atoms with van der Waals surface area (Å²) in [6.07, 6.45) is 4.30. The molecule has 1 aromatic rings. The number of anilines is 1. The fourth-order valence-corrected chi connectivity index (χ4v) is 3.66. The summed E-state index contributed by atoms with van der Waals surface area (Å²) in [6.45, 7) is 2.61. The molecule has 106 valence electrons. The van der Waals surface area contributed by atoms with E-state index >= 15 is 0 Å². The first-order valence-corrected chi connectivity index (χ1v) is 8.24. The number of aryl methyl sites for hydroxylation is 1. The van der Waals surface area contributed by atoms with Gasteiger partial charge < -0.3 is 5.73 Å². The Bertz CT molecular complexity index is 551. The Hall–Kier alpha value is -1.07. The fraction of sp³-hybridized carbons (Fsp3) is 0.571. The van der Waals surface area contributed by atoms with Gasteiger partial charge in [0.25, 0.3) is 0 Å². The zero-order chi connectivity index (χ0) is 14.0. The van der Waals surface area contributed by atoms with Crippen LogP contribution in [0.3, 0.4) is 0 Å². The lowest BCUT2D eigenvalue weighted by molar-refractivity contribution is 0.263. The van der Waals surface area contributed by atoms with E-state index in [4.69, 9.17) is 5.73 Å². The second kappa shape index (κ2) is 5.51. The molecule has 1 fully saturated rings. The van der Waals surface area contributed by atoms with Gasteiger partial charge in [0, 0.05) is 19.3 Å². The Morgan fingerprint density at radius 3 is 2.53 bits per heavy atom. The van der Waals surface area contributed by atoms with Crippen LogP contribution in [0.25, 0.3) is 0 Å². The van der Waals surface area contributed by atoms with Crippen molar-refractivity contribution in [2.45, 2.75) is 37.5 Å². The first kappa shape index (κ1) is 14.3. The van der Waals surface area contributed by atoms with Crippen LogP contribution in [0, 0.1) is 5.92 Å². The molecule has 0 aliphatic heterocycles. The maximum Gasteiger partial charge on any atom is 0.242 e. The first-order chi connectivity index (χ1) is 8.95. The normalized spacial score (nSPS) is 16.6. The monoisotopic (exact) mass is 282 g/mol. The minimum atomic E-state index is -3.40. The van der Waals surface area contributed by atoms with Crippen molar-refractivity contribution in [2.24, 2.45) is 5.92 Å². The van der Waals surface area contributed by atoms with Crippen LogP contribution >= 0.6 is 0 Å². The van der Waals surface area contributed by atoms with Crippen molar-refractivity contribution in [3.8, 4) is 0 Å². The lowest BCUT2D eigenvalue weighted by atomic mass is 9.86. The van der Waals surface area contributed by atoms with Gasteiger partial charge in [-0.1, -0.05) is 19.4 Å². The van der Waals surface area contributed by atoms with Crippen LogP contribution in [-0.4, -0.2) is 26.3 Å². The molecule has 0 saturated heterocycles. The molecule has 1 aliphatic carbocycles. The van der Waals surface area contributed by atoms with Crippen LogP contribution in [0.4, 0.5) is 5.69 Å². The van der Waals surface area contributed by atoms with Crippen molar-refractivity contribution >= 4 is 15.7 Å². The van der Waals surface area contributed by atoms with Gasteiger partial charge in [0.15, 0.2) is 0 Å². The summed E-state index contributed by atoms with van der Waals surface area (Å²) in [7, 11) is -1.75. The van der Waals surface area contributed by atoms with Crippen molar-refractivity contribution in [2.75, 3.05) is 19.3 Å². The quantitative estimate of drug-likeness (QED) is 0.842. The molecular weight excluding hydrogens is 260 g/mol. The van der Waals surface area contributed by atoms with Crippen molar-refractivity contribution in [3.63, 3.8) is 0 Å². The van der Waals surface area contributed by atoms with E-state index in [2.05, 4.69) is 0 Å². The molecular formula is C14H22N2O2S. The maximum absolute atomic E-state index is 12.4. The molecule has 0 heterocycles. The Balaban J connectivity index is 2.20. The molecule has 1 aliphatic rings. The molecule has 5 heteroatoms. The molecule has 1 saturated carbocycles. The number of nitrogens with zero attached hydrogens (tertiary/aromatic N) is 1. The lowest BCUT2D eigenvalue weighted by Crippen LogP contribution is -2.34. The molecule has 1 aromatic carbocycles. The third-order valence-electron chi connectivity index (χ3n) is 3.95. The van der Waals surface area contributed by atoms with Gasteiger partial charge in [-0.05, 0) is 42.9 Å². The zero-order valence-electron chi connectivity index (χ0n) is 11.6. The standard InChI is InChI=1S/C14H22N2O2S/c1-3-12-7-8-13(9-14(12)15)19(17,18)16(2)10-11-5-4-6-11/h7-9,11H,3-6,10,15H2,1-2H3. The highest BCUT2D eigenvalue weighted by atomic mass is 32.2. The summed E-state index contributed by atoms with van der Waals surface area (Å²) in [5.74, 6) is 0.520. The minimum Gasteiger partial charge on any atom is -0.398 e. The van der Waals surface area contributed by atoms with Gasteiger partial charge in [-0.3, -0.25) is 0 Å². The third kappa shape index (κ3) is 2.92. The molecule has 2 rings (SSSR count). The highest BCUT2D eigenvalue weighted by Gasteiger charge is 2.26. The third-order valence-corrected chi connectivity index (χ3v) is 5.77. The number of hydrogen-bond acceptors (Lipinski definition) is 3. The summed E-state index contributed by atoms with van der Waals surface area (Å²) < 4.78 is 26.3. The maximum atomic E-state index is 12.4. The number of nitrogens with two attached hydrogens (primary N) is 1. The molecule has 0 amide bonds. The number of sulfonamides is 1. The Kier molecular flexibility index (Phi) is 4.16. The smallest absolute Gasteiger partial charge is 0.242 e. The molecule has 2 N–H and O–H groups in total. The predicted molar refractivity (Wildman–Crippen MR) is 77.4 cm³/mol. The van der Waals surface area contributed by atoms with Gasteiger partial charge in [-0.2, -0.15) is 0 Å². The van der Waals surface area contributed by atoms with Crippen LogP contribution in [0.15, 0.2) is 23.1 Å². The number of rotatable bonds is 5. The van der Waals surface area contributed by atoms with E-state index in [1.807, 2.05) is 6.92 Å². The lowest BCUT2D eigenvalue weighted by Gasteiger charge is -2.29. The summed E-state index contributed by atoms with van der Waals surface area (Å²) in [4.78, 5) is 0.295. The van der Waals surface area contributed by atoms with Gasteiger partial charge in [0.2, 0.25) is 10.0 Å². The van der Waals surface area contributed by atoms with E-state index in [0.29, 0.717) is 23.0 Å². The highest BCUT2D eigenvalue weighted by molar-refractivity contribution is 7.89. The summed E-state index contributed by atoms with van der Waals surface area (Å²) in [6, 6.07) is 5.03. The first-order valence-electron chi connectivity index (χ1n) is 6.80. The second-order valence-corrected chi connectivity index (χ2v) is 7.34. The van der Waals surface area contributed by atoms with Crippen LogP contribution in [-0.2, 0) is 16.4 Å². The van der Waals surface area contributed by atoms with Crippen molar-refractivity contribution < 1.29 is 8.42 Å². The van der Waals surface area contributed by atoms with E-state index < -0.39 is 10.0 Å². The highest BCUT2D eigenvalue weighted by Crippen LogP contribution is 2.29. The van der Waals surface area contributed by atoms with Crippen LogP contribution in [0.2, 0.25) is 0 Å². The summed E-state index contributed by atoms with van der Waals surface area (Å²) in [5, 5.41) is 0. The van der Waals surface area contributed by atoms with Crippen LogP contribution in [0.1, 0.15) is 31.7 Å². The van der Waals surface area contributed by atoms with Crippen molar-refractivity contribution in [1.82, 2.24) is 4.31 Å². The van der Waals surface area contributed by atoms with Gasteiger partial charge in [-0.15, -0.1) is 0 Å². The number of nitrogen functional groups attached to an aromatic ring is 1. The Morgan fingerprint density at radius 2 is 2.05 bits per heavy atom. The predicted octanol–water partition coefficient (Wildman–Crippen LogP) is 2.25. The molecule has 0 aromatic heterocycles. The molecule has 0 unspecified atom stereocenters. The Labute approximate surface area is 115 Å². The fourth-order valence-electron chi connectivity index (χ4n) is 2.37. The number of hydrogen-bond donors (Lipinski definition) is 1. The van der Waals surface area contributed by atoms with Gasteiger partial charge in [-0.25, -0.2) is 12.7 Å². The van der Waals surface area contributed by atoms with E-state index in [0.717, 1.165) is 24.8 Å². The largest absolute Gasteiger partial charge is 0.398 e. The van der Waals surface area contributed by atoms with Crippen molar-refractivity contribution in [3.05, 3.63) is 23.8 Å². The summed E-state index contributed by atoms with van der Waals surface area (Å²) in [5.41, 5.74) is 7.43. The van der Waals surface area contributed by atoms with E-state index in [1.165, 1.54) is 10.7 Å². The van der Waals surface area contributed by atoms with Gasteiger partial charge in [0.05, 0.1) is 4.90 Å². The summed E-state index contributed by atoms with van der Waals surface area (Å²) >= 11 is 0. The molecule has 19 heavy (non-hydrogen) atoms. The molecule has 0 radical (unpaired) electrons.